The van der Waals surface area contributed by atoms with Gasteiger partial charge in [-0.2, -0.15) is 0 Å². The molecule has 0 aliphatic rings. The van der Waals surface area contributed by atoms with Gasteiger partial charge in [0.15, 0.2) is 0 Å². The van der Waals surface area contributed by atoms with Crippen LogP contribution in [-0.4, -0.2) is 27.9 Å². The van der Waals surface area contributed by atoms with Gasteiger partial charge in [-0.15, -0.1) is 0 Å². The molecule has 0 heterocycles. The Labute approximate surface area is 63.3 Å². The van der Waals surface area contributed by atoms with Crippen molar-refractivity contribution in [2.45, 2.75) is 0 Å². The maximum atomic E-state index is 9.16. The summed E-state index contributed by atoms with van der Waals surface area (Å²) >= 11 is 1.11. The normalized spacial score (nSPS) is 9.67. The first-order valence-electron chi connectivity index (χ1n) is 0.698. The van der Waals surface area contributed by atoms with Crippen LogP contribution in [0.3, 0.4) is 0 Å². The van der Waals surface area contributed by atoms with Crippen LogP contribution in [0.2, 0.25) is 0 Å². The van der Waals surface area contributed by atoms with E-state index in [2.05, 4.69) is 0 Å². The van der Waals surface area contributed by atoms with Crippen LogP contribution in [0.5, 0.6) is 0 Å². The number of rotatable bonds is 0. The van der Waals surface area contributed by atoms with Crippen LogP contribution in [0.4, 0.5) is 0 Å². The Morgan fingerprint density at radius 3 is 1.50 bits per heavy atom. The fourth-order valence-electron chi connectivity index (χ4n) is 0. The first kappa shape index (κ1) is 10.4. The predicted molar refractivity (Wildman–Crippen MR) is 18.7 cm³/mol. The average Bonchev–Trinajstić information content (AvgIpc) is 0.722. The molecule has 34 valence electrons. The molecule has 1 N–H and O–H groups in total. The summed E-state index contributed by atoms with van der Waals surface area (Å²) < 4.78 is 25.8. The largest absolute Gasteiger partial charge is 0 e. The molecule has 0 spiro atoms. The van der Waals surface area contributed by atoms with Gasteiger partial charge >= 0.3 is 36.4 Å². The molecule has 0 saturated heterocycles. The van der Waals surface area contributed by atoms with Crippen molar-refractivity contribution < 1.29 is 40.3 Å². The quantitative estimate of drug-likeness (QED) is 0.440. The van der Waals surface area contributed by atoms with E-state index in [0.29, 0.717) is 0 Å². The Morgan fingerprint density at radius 2 is 1.50 bits per heavy atom. The Hall–Kier alpha value is 1.35. The maximum Gasteiger partial charge on any atom is 0 e. The third-order valence-corrected chi connectivity index (χ3v) is 0. The Kier molecular flexibility index (Phi) is 5.81. The van der Waals surface area contributed by atoms with Gasteiger partial charge in [0.2, 0.25) is 0 Å². The van der Waals surface area contributed by atoms with Crippen LogP contribution in [0.25, 0.3) is 0 Å². The molecule has 6 heteroatoms. The van der Waals surface area contributed by atoms with Crippen molar-refractivity contribution in [2.24, 2.45) is 0 Å². The molecular formula is H2CdO3SSe. The molecule has 0 aliphatic heterocycles. The van der Waals surface area contributed by atoms with E-state index in [0.717, 1.165) is 14.9 Å². The molecular weight excluding hydrogens is 271 g/mol. The van der Waals surface area contributed by atoms with Crippen molar-refractivity contribution in [3.63, 3.8) is 0 Å². The minimum atomic E-state index is -3.73. The third kappa shape index (κ3) is 55.5. The van der Waals surface area contributed by atoms with Crippen molar-refractivity contribution in [3.05, 3.63) is 0 Å². The summed E-state index contributed by atoms with van der Waals surface area (Å²) in [7, 11) is -3.73. The first-order valence-corrected chi connectivity index (χ1v) is 4.39. The van der Waals surface area contributed by atoms with Gasteiger partial charge in [0.25, 0.3) is 0 Å². The standard InChI is InChI=1S/Cd.H2O3SSe/c;1-4(2,3)5/h;(H2,1,2,3,5). The SMILES string of the molecule is O=S(=O)(O)[SeH].[Cd]. The van der Waals surface area contributed by atoms with Crippen LogP contribution in [0.1, 0.15) is 0 Å². The number of hydrogen-bond acceptors (Lipinski definition) is 2. The summed E-state index contributed by atoms with van der Waals surface area (Å²) in [4.78, 5) is 0. The molecule has 0 aromatic rings. The first-order chi connectivity index (χ1) is 2.00. The van der Waals surface area contributed by atoms with Crippen molar-refractivity contribution >= 4 is 23.4 Å². The topological polar surface area (TPSA) is 54.4 Å². The average molecular weight is 273 g/mol. The fourth-order valence-corrected chi connectivity index (χ4v) is 0. The molecule has 0 atom stereocenters. The summed E-state index contributed by atoms with van der Waals surface area (Å²) in [6.07, 6.45) is 0. The minimum Gasteiger partial charge on any atom is 0 e. The zero-order valence-electron chi connectivity index (χ0n) is 2.83. The Morgan fingerprint density at radius 1 is 1.50 bits per heavy atom. The van der Waals surface area contributed by atoms with Gasteiger partial charge in [-0.25, -0.2) is 0 Å². The summed E-state index contributed by atoms with van der Waals surface area (Å²) in [5.74, 6) is 0. The van der Waals surface area contributed by atoms with Crippen LogP contribution in [-0.2, 0) is 35.8 Å². The third-order valence-electron chi connectivity index (χ3n) is 0. The van der Waals surface area contributed by atoms with Crippen LogP contribution < -0.4 is 0 Å². The zero-order valence-corrected chi connectivity index (χ0v) is 9.56. The van der Waals surface area contributed by atoms with Gasteiger partial charge in [0.1, 0.15) is 0 Å². The van der Waals surface area contributed by atoms with Gasteiger partial charge in [0.05, 0.1) is 0 Å². The second-order valence-electron chi connectivity index (χ2n) is 0.448. The second kappa shape index (κ2) is 3.37. The molecule has 0 aromatic heterocycles. The van der Waals surface area contributed by atoms with Gasteiger partial charge < -0.3 is 0 Å². The van der Waals surface area contributed by atoms with E-state index in [4.69, 9.17) is 13.0 Å². The molecule has 0 amide bonds. The Bertz CT molecular complexity index is 94.0. The maximum absolute atomic E-state index is 9.16. The van der Waals surface area contributed by atoms with Gasteiger partial charge in [-0.05, 0) is 0 Å². The summed E-state index contributed by atoms with van der Waals surface area (Å²) in [6, 6.07) is 0. The van der Waals surface area contributed by atoms with Gasteiger partial charge in [-0.1, -0.05) is 0 Å². The van der Waals surface area contributed by atoms with E-state index in [9.17, 15) is 0 Å². The molecule has 3 nitrogen and oxygen atoms in total. The summed E-state index contributed by atoms with van der Waals surface area (Å²) in [6.45, 7) is 0. The van der Waals surface area contributed by atoms with E-state index < -0.39 is 8.54 Å². The van der Waals surface area contributed by atoms with Crippen molar-refractivity contribution in [3.8, 4) is 0 Å². The van der Waals surface area contributed by atoms with E-state index in [1.807, 2.05) is 0 Å². The molecule has 0 aliphatic carbocycles. The Balaban J connectivity index is 0. The second-order valence-corrected chi connectivity index (χ2v) is 4.25. The smallest absolute Gasteiger partial charge is 0 e. The molecule has 0 rings (SSSR count). The van der Waals surface area contributed by atoms with Crippen LogP contribution in [0, 0.1) is 0 Å². The van der Waals surface area contributed by atoms with Crippen LogP contribution in [0.15, 0.2) is 0 Å². The van der Waals surface area contributed by atoms with Crippen molar-refractivity contribution in [1.82, 2.24) is 0 Å². The van der Waals surface area contributed by atoms with Crippen LogP contribution >= 0.6 is 0 Å². The monoisotopic (exact) mass is 276 g/mol. The fraction of sp³-hybridized carbons (Fsp3) is 0. The zero-order chi connectivity index (χ0) is 4.50. The van der Waals surface area contributed by atoms with E-state index in [1.54, 1.807) is 0 Å². The van der Waals surface area contributed by atoms with Crippen molar-refractivity contribution in [1.29, 1.82) is 0 Å². The van der Waals surface area contributed by atoms with Gasteiger partial charge in [-0.3, -0.25) is 0 Å². The minimum absolute atomic E-state index is 0. The molecule has 0 unspecified atom stereocenters. The summed E-state index contributed by atoms with van der Waals surface area (Å²) in [5.41, 5.74) is 0. The van der Waals surface area contributed by atoms with Gasteiger partial charge in [0, 0.05) is 27.3 Å². The molecule has 6 heavy (non-hydrogen) atoms. The number of hydrogen-bond donors (Lipinski definition) is 1. The molecule has 0 aromatic carbocycles. The van der Waals surface area contributed by atoms with E-state index in [1.165, 1.54) is 0 Å². The predicted octanol–water partition coefficient (Wildman–Crippen LogP) is -1.31. The molecule has 0 saturated carbocycles. The van der Waals surface area contributed by atoms with E-state index in [-0.39, 0.29) is 27.3 Å². The molecule has 0 radical (unpaired) electrons. The molecule has 0 bridgehead atoms. The molecule has 0 fully saturated rings. The van der Waals surface area contributed by atoms with E-state index >= 15 is 0 Å². The summed E-state index contributed by atoms with van der Waals surface area (Å²) in [5, 5.41) is 0. The van der Waals surface area contributed by atoms with Crippen molar-refractivity contribution in [2.75, 3.05) is 0 Å².